The molecule has 6 heteroatoms. The Kier molecular flexibility index (Phi) is 6.86. The summed E-state index contributed by atoms with van der Waals surface area (Å²) in [5.41, 5.74) is 3.50. The molecular weight excluding hydrogens is 354 g/mol. The number of pyridine rings is 1. The number of rotatable bonds is 7. The summed E-state index contributed by atoms with van der Waals surface area (Å²) in [4.78, 5) is 19.4. The van der Waals surface area contributed by atoms with E-state index < -0.39 is 0 Å². The number of aromatic nitrogens is 2. The molecule has 1 atom stereocenters. The van der Waals surface area contributed by atoms with Crippen LogP contribution < -0.4 is 0 Å². The molecule has 28 heavy (non-hydrogen) atoms. The first-order valence-electron chi connectivity index (χ1n) is 10.0. The number of nitrogens with zero attached hydrogens (tertiary/aromatic N) is 3. The van der Waals surface area contributed by atoms with Crippen LogP contribution in [0, 0.1) is 19.8 Å². The fourth-order valence-corrected chi connectivity index (χ4v) is 3.71. The predicted octanol–water partition coefficient (Wildman–Crippen LogP) is 3.06. The summed E-state index contributed by atoms with van der Waals surface area (Å²) < 4.78 is 13.5. The van der Waals surface area contributed by atoms with Gasteiger partial charge in [0, 0.05) is 37.2 Å². The molecule has 0 aromatic carbocycles. The molecule has 152 valence electrons. The maximum atomic E-state index is 12.7. The standard InChI is InChI=1S/C22H31N3O3/c1-16(2)12-24-9-10-27-20(14-24)15-28-22(26)21-11-17(3)25(18(21)4)13-19-7-5-6-8-23-19/h5-8,11,16,20H,9-10,12-15H2,1-4H3. The van der Waals surface area contributed by atoms with Gasteiger partial charge in [-0.1, -0.05) is 19.9 Å². The third kappa shape index (κ3) is 5.20. The number of hydrogen-bond acceptors (Lipinski definition) is 5. The highest BCUT2D eigenvalue weighted by Gasteiger charge is 2.24. The van der Waals surface area contributed by atoms with Gasteiger partial charge in [-0.15, -0.1) is 0 Å². The van der Waals surface area contributed by atoms with Gasteiger partial charge in [0.2, 0.25) is 0 Å². The summed E-state index contributed by atoms with van der Waals surface area (Å²) in [5, 5.41) is 0. The molecule has 6 nitrogen and oxygen atoms in total. The Morgan fingerprint density at radius 2 is 2.18 bits per heavy atom. The fraction of sp³-hybridized carbons (Fsp3) is 0.545. The van der Waals surface area contributed by atoms with Crippen LogP contribution in [-0.2, 0) is 16.0 Å². The minimum atomic E-state index is -0.287. The number of ether oxygens (including phenoxy) is 2. The van der Waals surface area contributed by atoms with Gasteiger partial charge in [-0.2, -0.15) is 0 Å². The SMILES string of the molecule is Cc1cc(C(=O)OCC2CN(CC(C)C)CCO2)c(C)n1Cc1ccccn1. The summed E-state index contributed by atoms with van der Waals surface area (Å²) in [6.45, 7) is 12.8. The van der Waals surface area contributed by atoms with Crippen LogP contribution in [-0.4, -0.2) is 59.4 Å². The van der Waals surface area contributed by atoms with Gasteiger partial charge < -0.3 is 14.0 Å². The fourth-order valence-electron chi connectivity index (χ4n) is 3.71. The summed E-state index contributed by atoms with van der Waals surface area (Å²) in [6, 6.07) is 7.75. The van der Waals surface area contributed by atoms with Gasteiger partial charge in [0.1, 0.15) is 12.7 Å². The Morgan fingerprint density at radius 3 is 2.89 bits per heavy atom. The first kappa shape index (κ1) is 20.6. The van der Waals surface area contributed by atoms with Crippen LogP contribution in [0.25, 0.3) is 0 Å². The average molecular weight is 386 g/mol. The van der Waals surface area contributed by atoms with Crippen LogP contribution in [0.5, 0.6) is 0 Å². The van der Waals surface area contributed by atoms with Crippen LogP contribution in [0.3, 0.4) is 0 Å². The Balaban J connectivity index is 1.59. The van der Waals surface area contributed by atoms with Gasteiger partial charge in [0.25, 0.3) is 0 Å². The number of esters is 1. The molecule has 0 aliphatic carbocycles. The number of carbonyl (C=O) groups excluding carboxylic acids is 1. The number of hydrogen-bond donors (Lipinski definition) is 0. The Hall–Kier alpha value is -2.18. The first-order valence-corrected chi connectivity index (χ1v) is 10.0. The molecule has 2 aromatic rings. The molecule has 0 amide bonds. The lowest BCUT2D eigenvalue weighted by Gasteiger charge is -2.33. The monoisotopic (exact) mass is 385 g/mol. The lowest BCUT2D eigenvalue weighted by Crippen LogP contribution is -2.45. The van der Waals surface area contributed by atoms with Gasteiger partial charge in [-0.05, 0) is 38.0 Å². The predicted molar refractivity (Wildman–Crippen MR) is 109 cm³/mol. The summed E-state index contributed by atoms with van der Waals surface area (Å²) in [6.07, 6.45) is 1.72. The van der Waals surface area contributed by atoms with Crippen molar-refractivity contribution in [3.63, 3.8) is 0 Å². The third-order valence-electron chi connectivity index (χ3n) is 5.09. The largest absolute Gasteiger partial charge is 0.459 e. The van der Waals surface area contributed by atoms with E-state index >= 15 is 0 Å². The van der Waals surface area contributed by atoms with Crippen LogP contribution in [0.4, 0.5) is 0 Å². The van der Waals surface area contributed by atoms with E-state index in [0.29, 0.717) is 24.6 Å². The maximum absolute atomic E-state index is 12.7. The van der Waals surface area contributed by atoms with Crippen LogP contribution >= 0.6 is 0 Å². The third-order valence-corrected chi connectivity index (χ3v) is 5.09. The highest BCUT2D eigenvalue weighted by molar-refractivity contribution is 5.91. The molecule has 3 rings (SSSR count). The lowest BCUT2D eigenvalue weighted by molar-refractivity contribution is -0.0612. The summed E-state index contributed by atoms with van der Waals surface area (Å²) in [7, 11) is 0. The van der Waals surface area contributed by atoms with E-state index in [4.69, 9.17) is 9.47 Å². The quantitative estimate of drug-likeness (QED) is 0.686. The molecule has 1 aliphatic heterocycles. The second-order valence-electron chi connectivity index (χ2n) is 7.94. The second-order valence-corrected chi connectivity index (χ2v) is 7.94. The summed E-state index contributed by atoms with van der Waals surface area (Å²) in [5.74, 6) is 0.329. The highest BCUT2D eigenvalue weighted by atomic mass is 16.6. The van der Waals surface area contributed by atoms with Crippen molar-refractivity contribution in [3.8, 4) is 0 Å². The molecule has 0 radical (unpaired) electrons. The van der Waals surface area contributed by atoms with Crippen molar-refractivity contribution in [3.05, 3.63) is 53.1 Å². The average Bonchev–Trinajstić information content (AvgIpc) is 2.95. The topological polar surface area (TPSA) is 56.6 Å². The van der Waals surface area contributed by atoms with Gasteiger partial charge in [0.05, 0.1) is 24.4 Å². The number of aryl methyl sites for hydroxylation is 1. The van der Waals surface area contributed by atoms with Crippen molar-refractivity contribution in [1.82, 2.24) is 14.5 Å². The minimum absolute atomic E-state index is 0.0616. The van der Waals surface area contributed by atoms with Crippen molar-refractivity contribution in [2.45, 2.75) is 40.3 Å². The molecule has 0 N–H and O–H groups in total. The minimum Gasteiger partial charge on any atom is -0.459 e. The van der Waals surface area contributed by atoms with E-state index in [2.05, 4.69) is 28.3 Å². The van der Waals surface area contributed by atoms with E-state index in [1.54, 1.807) is 6.20 Å². The van der Waals surface area contributed by atoms with E-state index in [1.807, 2.05) is 38.1 Å². The van der Waals surface area contributed by atoms with Crippen LogP contribution in [0.15, 0.2) is 30.5 Å². The van der Waals surface area contributed by atoms with Crippen LogP contribution in [0.2, 0.25) is 0 Å². The molecule has 0 bridgehead atoms. The Labute approximate surface area is 167 Å². The van der Waals surface area contributed by atoms with Gasteiger partial charge >= 0.3 is 5.97 Å². The number of carbonyl (C=O) groups is 1. The summed E-state index contributed by atoms with van der Waals surface area (Å²) >= 11 is 0. The zero-order chi connectivity index (χ0) is 20.1. The van der Waals surface area contributed by atoms with Crippen LogP contribution in [0.1, 0.15) is 41.3 Å². The van der Waals surface area contributed by atoms with Crippen molar-refractivity contribution < 1.29 is 14.3 Å². The molecule has 2 aromatic heterocycles. The molecule has 0 spiro atoms. The van der Waals surface area contributed by atoms with Gasteiger partial charge in [-0.25, -0.2) is 4.79 Å². The van der Waals surface area contributed by atoms with E-state index in [1.165, 1.54) is 0 Å². The van der Waals surface area contributed by atoms with Crippen molar-refractivity contribution >= 4 is 5.97 Å². The number of morpholine rings is 1. The molecule has 1 unspecified atom stereocenters. The van der Waals surface area contributed by atoms with Crippen molar-refractivity contribution in [2.24, 2.45) is 5.92 Å². The van der Waals surface area contributed by atoms with E-state index in [9.17, 15) is 4.79 Å². The van der Waals surface area contributed by atoms with Gasteiger partial charge in [0.15, 0.2) is 0 Å². The zero-order valence-electron chi connectivity index (χ0n) is 17.4. The maximum Gasteiger partial charge on any atom is 0.340 e. The van der Waals surface area contributed by atoms with E-state index in [-0.39, 0.29) is 18.7 Å². The highest BCUT2D eigenvalue weighted by Crippen LogP contribution is 2.18. The molecule has 1 aliphatic rings. The Morgan fingerprint density at radius 1 is 1.36 bits per heavy atom. The van der Waals surface area contributed by atoms with Crippen molar-refractivity contribution in [1.29, 1.82) is 0 Å². The zero-order valence-corrected chi connectivity index (χ0v) is 17.4. The van der Waals surface area contributed by atoms with E-state index in [0.717, 1.165) is 36.7 Å². The molecule has 3 heterocycles. The molecule has 1 saturated heterocycles. The molecular formula is C22H31N3O3. The van der Waals surface area contributed by atoms with Gasteiger partial charge in [-0.3, -0.25) is 9.88 Å². The van der Waals surface area contributed by atoms with Crippen molar-refractivity contribution in [2.75, 3.05) is 32.8 Å². The normalized spacial score (nSPS) is 17.8. The Bertz CT molecular complexity index is 786. The molecule has 0 saturated carbocycles. The smallest absolute Gasteiger partial charge is 0.340 e. The molecule has 1 fully saturated rings. The lowest BCUT2D eigenvalue weighted by atomic mass is 10.2. The first-order chi connectivity index (χ1) is 13.4. The second kappa shape index (κ2) is 9.34.